The molecule has 0 aliphatic heterocycles. The summed E-state index contributed by atoms with van der Waals surface area (Å²) in [6, 6.07) is 9.70. The van der Waals surface area contributed by atoms with Gasteiger partial charge in [-0.1, -0.05) is 30.4 Å². The molecule has 1 aromatic heterocycles. The fourth-order valence-corrected chi connectivity index (χ4v) is 3.56. The highest BCUT2D eigenvalue weighted by Gasteiger charge is 2.14. The zero-order chi connectivity index (χ0) is 15.4. The molecule has 0 bridgehead atoms. The zero-order valence-electron chi connectivity index (χ0n) is 11.9. The Balaban J connectivity index is 1.82. The lowest BCUT2D eigenvalue weighted by molar-refractivity contribution is 0.474. The van der Waals surface area contributed by atoms with Gasteiger partial charge in [-0.25, -0.2) is 0 Å². The average molecular weight is 421 g/mol. The van der Waals surface area contributed by atoms with Crippen LogP contribution in [0, 0.1) is 0 Å². The van der Waals surface area contributed by atoms with Gasteiger partial charge in [-0.05, 0) is 68.8 Å². The van der Waals surface area contributed by atoms with E-state index in [1.54, 1.807) is 17.4 Å². The Morgan fingerprint density at radius 2 is 2.14 bits per heavy atom. The van der Waals surface area contributed by atoms with Crippen molar-refractivity contribution in [3.8, 4) is 5.75 Å². The van der Waals surface area contributed by atoms with Crippen LogP contribution in [0.25, 0.3) is 6.08 Å². The van der Waals surface area contributed by atoms with Crippen molar-refractivity contribution >= 4 is 40.0 Å². The Labute approximate surface area is 148 Å². The van der Waals surface area contributed by atoms with Crippen molar-refractivity contribution in [2.24, 2.45) is 0 Å². The van der Waals surface area contributed by atoms with E-state index in [2.05, 4.69) is 63.0 Å². The molecule has 1 aromatic carbocycles. The lowest BCUT2D eigenvalue weighted by atomic mass is 9.98. The Bertz CT molecular complexity index is 731. The molecular weight excluding hydrogens is 405 g/mol. The first kappa shape index (κ1) is 15.5. The van der Waals surface area contributed by atoms with Gasteiger partial charge in [-0.3, -0.25) is 0 Å². The van der Waals surface area contributed by atoms with E-state index in [-0.39, 0.29) is 6.04 Å². The minimum Gasteiger partial charge on any atom is -0.507 e. The highest BCUT2D eigenvalue weighted by molar-refractivity contribution is 14.1. The summed E-state index contributed by atoms with van der Waals surface area (Å²) in [5, 5.41) is 17.8. The molecule has 1 heterocycles. The van der Waals surface area contributed by atoms with Gasteiger partial charge in [0, 0.05) is 15.7 Å². The molecule has 1 aliphatic rings. The Morgan fingerprint density at radius 1 is 1.27 bits per heavy atom. The second-order valence-corrected chi connectivity index (χ2v) is 7.11. The van der Waals surface area contributed by atoms with Crippen LogP contribution in [-0.4, -0.2) is 11.1 Å². The van der Waals surface area contributed by atoms with Crippen LogP contribution < -0.4 is 5.32 Å². The van der Waals surface area contributed by atoms with E-state index in [4.69, 9.17) is 0 Å². The van der Waals surface area contributed by atoms with E-state index in [0.29, 0.717) is 5.75 Å². The molecule has 0 spiro atoms. The van der Waals surface area contributed by atoms with Gasteiger partial charge in [0.25, 0.3) is 0 Å². The molecule has 1 atom stereocenters. The summed E-state index contributed by atoms with van der Waals surface area (Å²) in [5.74, 6) is 0.310. The number of hydrogen-bond acceptors (Lipinski definition) is 3. The third-order valence-corrected chi connectivity index (χ3v) is 4.88. The number of phenols is 1. The molecule has 2 N–H and O–H groups in total. The third kappa shape index (κ3) is 3.88. The average Bonchev–Trinajstić information content (AvgIpc) is 3.02. The molecule has 112 valence electrons. The number of phenolic OH excluding ortho intramolecular Hbond substituents is 1. The molecular formula is C18H16INOS. The summed E-state index contributed by atoms with van der Waals surface area (Å²) in [6.45, 7) is 0.834. The van der Waals surface area contributed by atoms with Crippen LogP contribution in [0.15, 0.2) is 68.5 Å². The van der Waals surface area contributed by atoms with E-state index < -0.39 is 0 Å². The predicted molar refractivity (Wildman–Crippen MR) is 102 cm³/mol. The van der Waals surface area contributed by atoms with Gasteiger partial charge >= 0.3 is 0 Å². The molecule has 0 radical (unpaired) electrons. The number of allylic oxidation sites excluding steroid dienone is 2. The highest BCUT2D eigenvalue weighted by atomic mass is 127. The van der Waals surface area contributed by atoms with E-state index in [1.165, 1.54) is 9.14 Å². The summed E-state index contributed by atoms with van der Waals surface area (Å²) in [6.07, 6.45) is 8.48. The maximum absolute atomic E-state index is 9.97. The fraction of sp³-hybridized carbons (Fsp3) is 0.111. The lowest BCUT2D eigenvalue weighted by Gasteiger charge is -2.20. The number of thiophene rings is 1. The van der Waals surface area contributed by atoms with Crippen LogP contribution in [0.2, 0.25) is 0 Å². The van der Waals surface area contributed by atoms with E-state index >= 15 is 0 Å². The SMILES string of the molecule is Oc1ccccc1C=C1C=C(I)C=CC1NCc1ccsc1. The first-order chi connectivity index (χ1) is 10.7. The lowest BCUT2D eigenvalue weighted by Crippen LogP contribution is -2.29. The van der Waals surface area contributed by atoms with Crippen LogP contribution in [-0.2, 0) is 6.54 Å². The Hall–Kier alpha value is -1.37. The number of halogens is 1. The topological polar surface area (TPSA) is 32.3 Å². The molecule has 1 unspecified atom stereocenters. The third-order valence-electron chi connectivity index (χ3n) is 3.48. The van der Waals surface area contributed by atoms with Gasteiger partial charge in [0.2, 0.25) is 0 Å². The number of benzene rings is 1. The molecule has 3 rings (SSSR count). The minimum absolute atomic E-state index is 0.151. The van der Waals surface area contributed by atoms with Crippen molar-refractivity contribution in [1.29, 1.82) is 0 Å². The molecule has 0 amide bonds. The maximum atomic E-state index is 9.97. The van der Waals surface area contributed by atoms with Crippen molar-refractivity contribution < 1.29 is 5.11 Å². The molecule has 2 nitrogen and oxygen atoms in total. The van der Waals surface area contributed by atoms with Crippen molar-refractivity contribution in [3.63, 3.8) is 0 Å². The first-order valence-corrected chi connectivity index (χ1v) is 9.04. The molecule has 0 fully saturated rings. The van der Waals surface area contributed by atoms with Crippen LogP contribution >= 0.6 is 33.9 Å². The molecule has 22 heavy (non-hydrogen) atoms. The van der Waals surface area contributed by atoms with Gasteiger partial charge in [-0.2, -0.15) is 11.3 Å². The van der Waals surface area contributed by atoms with Crippen LogP contribution in [0.4, 0.5) is 0 Å². The normalized spacial score (nSPS) is 19.4. The molecule has 0 saturated heterocycles. The molecule has 0 saturated carbocycles. The molecule has 1 aliphatic carbocycles. The predicted octanol–water partition coefficient (Wildman–Crippen LogP) is 4.88. The number of nitrogens with one attached hydrogen (secondary N) is 1. The smallest absolute Gasteiger partial charge is 0.122 e. The standard InChI is InChI=1S/C18H16INOS/c19-16-5-6-17(20-11-13-7-8-22-12-13)15(10-16)9-14-3-1-2-4-18(14)21/h1-10,12,17,20-21H,11H2. The second kappa shape index (κ2) is 7.26. The van der Waals surface area contributed by atoms with Crippen molar-refractivity contribution in [1.82, 2.24) is 5.32 Å². The van der Waals surface area contributed by atoms with Crippen LogP contribution in [0.3, 0.4) is 0 Å². The number of hydrogen-bond donors (Lipinski definition) is 2. The van der Waals surface area contributed by atoms with E-state index in [0.717, 1.165) is 17.7 Å². The Kier molecular flexibility index (Phi) is 5.12. The summed E-state index contributed by atoms with van der Waals surface area (Å²) in [7, 11) is 0. The molecule has 4 heteroatoms. The number of para-hydroxylation sites is 1. The van der Waals surface area contributed by atoms with Crippen molar-refractivity contribution in [2.75, 3.05) is 0 Å². The van der Waals surface area contributed by atoms with Gasteiger partial charge in [0.1, 0.15) is 5.75 Å². The van der Waals surface area contributed by atoms with E-state index in [9.17, 15) is 5.11 Å². The largest absolute Gasteiger partial charge is 0.507 e. The summed E-state index contributed by atoms with van der Waals surface area (Å²) >= 11 is 4.03. The number of aromatic hydroxyl groups is 1. The van der Waals surface area contributed by atoms with Gasteiger partial charge < -0.3 is 10.4 Å². The van der Waals surface area contributed by atoms with Crippen molar-refractivity contribution in [2.45, 2.75) is 12.6 Å². The van der Waals surface area contributed by atoms with Crippen molar-refractivity contribution in [3.05, 3.63) is 79.6 Å². The summed E-state index contributed by atoms with van der Waals surface area (Å²) in [5.41, 5.74) is 3.30. The minimum atomic E-state index is 0.151. The monoisotopic (exact) mass is 421 g/mol. The fourth-order valence-electron chi connectivity index (χ4n) is 2.32. The summed E-state index contributed by atoms with van der Waals surface area (Å²) < 4.78 is 1.19. The second-order valence-electron chi connectivity index (χ2n) is 5.08. The van der Waals surface area contributed by atoms with Gasteiger partial charge in [-0.15, -0.1) is 0 Å². The van der Waals surface area contributed by atoms with Crippen LogP contribution in [0.1, 0.15) is 11.1 Å². The summed E-state index contributed by atoms with van der Waals surface area (Å²) in [4.78, 5) is 0. The van der Waals surface area contributed by atoms with E-state index in [1.807, 2.05) is 24.3 Å². The van der Waals surface area contributed by atoms with Crippen LogP contribution in [0.5, 0.6) is 5.75 Å². The zero-order valence-corrected chi connectivity index (χ0v) is 14.8. The maximum Gasteiger partial charge on any atom is 0.122 e. The van der Waals surface area contributed by atoms with Gasteiger partial charge in [0.05, 0.1) is 6.04 Å². The first-order valence-electron chi connectivity index (χ1n) is 7.02. The Morgan fingerprint density at radius 3 is 2.91 bits per heavy atom. The molecule has 2 aromatic rings. The van der Waals surface area contributed by atoms with Gasteiger partial charge in [0.15, 0.2) is 0 Å². The highest BCUT2D eigenvalue weighted by Crippen LogP contribution is 2.26. The quantitative estimate of drug-likeness (QED) is 0.690. The number of rotatable bonds is 4.